The smallest absolute Gasteiger partial charge is 0.138 e. The SMILES string of the molecule is Nc1cn[nH]c1-c1ccc(Br)c(F)c1. The van der Waals surface area contributed by atoms with Crippen LogP contribution in [0.15, 0.2) is 28.9 Å². The molecule has 1 heterocycles. The lowest BCUT2D eigenvalue weighted by molar-refractivity contribution is 0.621. The third-order valence-electron chi connectivity index (χ3n) is 1.88. The average Bonchev–Trinajstić information content (AvgIpc) is 2.57. The van der Waals surface area contributed by atoms with Crippen LogP contribution < -0.4 is 5.73 Å². The third-order valence-corrected chi connectivity index (χ3v) is 2.52. The maximum absolute atomic E-state index is 13.2. The summed E-state index contributed by atoms with van der Waals surface area (Å²) in [7, 11) is 0. The van der Waals surface area contributed by atoms with Crippen molar-refractivity contribution in [1.82, 2.24) is 10.2 Å². The lowest BCUT2D eigenvalue weighted by atomic mass is 10.1. The fourth-order valence-corrected chi connectivity index (χ4v) is 1.42. The van der Waals surface area contributed by atoms with Crippen LogP contribution in [0.4, 0.5) is 10.1 Å². The van der Waals surface area contributed by atoms with Crippen LogP contribution in [0.5, 0.6) is 0 Å². The zero-order valence-corrected chi connectivity index (χ0v) is 8.68. The quantitative estimate of drug-likeness (QED) is 0.823. The van der Waals surface area contributed by atoms with Gasteiger partial charge in [-0.1, -0.05) is 6.07 Å². The van der Waals surface area contributed by atoms with Gasteiger partial charge in [0.1, 0.15) is 5.82 Å². The average molecular weight is 256 g/mol. The van der Waals surface area contributed by atoms with Gasteiger partial charge in [-0.25, -0.2) is 4.39 Å². The Morgan fingerprint density at radius 2 is 2.21 bits per heavy atom. The summed E-state index contributed by atoms with van der Waals surface area (Å²) in [6.07, 6.45) is 1.50. The summed E-state index contributed by atoms with van der Waals surface area (Å²) in [5.74, 6) is -0.323. The molecule has 0 unspecified atom stereocenters. The Morgan fingerprint density at radius 1 is 1.43 bits per heavy atom. The van der Waals surface area contributed by atoms with Crippen molar-refractivity contribution in [1.29, 1.82) is 0 Å². The molecule has 0 aliphatic rings. The molecule has 0 atom stereocenters. The summed E-state index contributed by atoms with van der Waals surface area (Å²) in [6, 6.07) is 4.79. The van der Waals surface area contributed by atoms with Crippen LogP contribution in [-0.4, -0.2) is 10.2 Å². The molecule has 0 fully saturated rings. The van der Waals surface area contributed by atoms with Gasteiger partial charge in [-0.3, -0.25) is 5.10 Å². The molecule has 2 rings (SSSR count). The van der Waals surface area contributed by atoms with E-state index in [4.69, 9.17) is 5.73 Å². The van der Waals surface area contributed by atoms with Gasteiger partial charge in [-0.2, -0.15) is 5.10 Å². The van der Waals surface area contributed by atoms with E-state index in [0.29, 0.717) is 21.4 Å². The zero-order valence-electron chi connectivity index (χ0n) is 7.09. The number of hydrogen-bond donors (Lipinski definition) is 2. The predicted octanol–water partition coefficient (Wildman–Crippen LogP) is 2.56. The molecular weight excluding hydrogens is 249 g/mol. The minimum Gasteiger partial charge on any atom is -0.396 e. The molecule has 0 aliphatic heterocycles. The van der Waals surface area contributed by atoms with Crippen LogP contribution in [0.1, 0.15) is 0 Å². The summed E-state index contributed by atoms with van der Waals surface area (Å²) in [5, 5.41) is 6.48. The number of aromatic nitrogens is 2. The second-order valence-electron chi connectivity index (χ2n) is 2.83. The molecule has 3 N–H and O–H groups in total. The van der Waals surface area contributed by atoms with Crippen LogP contribution in [0.2, 0.25) is 0 Å². The van der Waals surface area contributed by atoms with Gasteiger partial charge in [0.15, 0.2) is 0 Å². The highest BCUT2D eigenvalue weighted by atomic mass is 79.9. The van der Waals surface area contributed by atoms with E-state index in [2.05, 4.69) is 26.1 Å². The van der Waals surface area contributed by atoms with E-state index in [0.717, 1.165) is 0 Å². The Kier molecular flexibility index (Phi) is 2.25. The van der Waals surface area contributed by atoms with Crippen molar-refractivity contribution in [2.45, 2.75) is 0 Å². The Balaban J connectivity index is 2.53. The molecule has 3 nitrogen and oxygen atoms in total. The molecule has 72 valence electrons. The van der Waals surface area contributed by atoms with Gasteiger partial charge in [0.25, 0.3) is 0 Å². The van der Waals surface area contributed by atoms with Crippen LogP contribution in [0.3, 0.4) is 0 Å². The first-order valence-corrected chi connectivity index (χ1v) is 4.72. The number of nitrogens with two attached hydrogens (primary N) is 1. The van der Waals surface area contributed by atoms with E-state index in [9.17, 15) is 4.39 Å². The van der Waals surface area contributed by atoms with Crippen LogP contribution >= 0.6 is 15.9 Å². The lowest BCUT2D eigenvalue weighted by Crippen LogP contribution is -1.87. The molecule has 0 bridgehead atoms. The number of nitrogens with zero attached hydrogens (tertiary/aromatic N) is 1. The summed E-state index contributed by atoms with van der Waals surface area (Å²) >= 11 is 3.08. The third kappa shape index (κ3) is 1.50. The highest BCUT2D eigenvalue weighted by Crippen LogP contribution is 2.26. The Bertz CT molecular complexity index is 467. The number of nitrogen functional groups attached to an aromatic ring is 1. The number of nitrogens with one attached hydrogen (secondary N) is 1. The molecule has 2 aromatic rings. The highest BCUT2D eigenvalue weighted by Gasteiger charge is 2.07. The van der Waals surface area contributed by atoms with Gasteiger partial charge >= 0.3 is 0 Å². The minimum absolute atomic E-state index is 0.323. The molecule has 0 aliphatic carbocycles. The van der Waals surface area contributed by atoms with Crippen molar-refractivity contribution in [3.8, 4) is 11.3 Å². The first-order valence-electron chi connectivity index (χ1n) is 3.93. The molecule has 0 spiro atoms. The van der Waals surface area contributed by atoms with Gasteiger partial charge in [-0.05, 0) is 28.1 Å². The topological polar surface area (TPSA) is 54.7 Å². The molecule has 0 saturated heterocycles. The Hall–Kier alpha value is -1.36. The van der Waals surface area contributed by atoms with Crippen molar-refractivity contribution in [3.05, 3.63) is 34.7 Å². The molecule has 14 heavy (non-hydrogen) atoms. The van der Waals surface area contributed by atoms with Crippen molar-refractivity contribution in [2.24, 2.45) is 0 Å². The lowest BCUT2D eigenvalue weighted by Gasteiger charge is -2.00. The number of anilines is 1. The zero-order chi connectivity index (χ0) is 10.1. The maximum atomic E-state index is 13.2. The number of halogens is 2. The van der Waals surface area contributed by atoms with E-state index in [-0.39, 0.29) is 5.82 Å². The normalized spacial score (nSPS) is 10.4. The maximum Gasteiger partial charge on any atom is 0.138 e. The molecular formula is C9H7BrFN3. The fourth-order valence-electron chi connectivity index (χ4n) is 1.18. The number of aromatic amines is 1. The van der Waals surface area contributed by atoms with Crippen LogP contribution in [-0.2, 0) is 0 Å². The Labute approximate surface area is 88.3 Å². The molecule has 5 heteroatoms. The number of benzene rings is 1. The second kappa shape index (κ2) is 3.42. The first-order chi connectivity index (χ1) is 6.68. The van der Waals surface area contributed by atoms with Crippen LogP contribution in [0, 0.1) is 5.82 Å². The number of H-pyrrole nitrogens is 1. The molecule has 1 aromatic carbocycles. The summed E-state index contributed by atoms with van der Waals surface area (Å²) < 4.78 is 13.6. The largest absolute Gasteiger partial charge is 0.396 e. The monoisotopic (exact) mass is 255 g/mol. The van der Waals surface area contributed by atoms with Crippen LogP contribution in [0.25, 0.3) is 11.3 Å². The number of hydrogen-bond acceptors (Lipinski definition) is 2. The first kappa shape index (κ1) is 9.21. The van der Waals surface area contributed by atoms with Gasteiger partial charge in [0, 0.05) is 5.56 Å². The highest BCUT2D eigenvalue weighted by molar-refractivity contribution is 9.10. The standard InChI is InChI=1S/C9H7BrFN3/c10-6-2-1-5(3-7(6)11)9-8(12)4-13-14-9/h1-4H,12H2,(H,13,14). The summed E-state index contributed by atoms with van der Waals surface area (Å²) in [4.78, 5) is 0. The van der Waals surface area contributed by atoms with Crippen molar-refractivity contribution >= 4 is 21.6 Å². The summed E-state index contributed by atoms with van der Waals surface area (Å²) in [5.41, 5.74) is 7.46. The van der Waals surface area contributed by atoms with E-state index in [1.165, 1.54) is 12.3 Å². The predicted molar refractivity (Wildman–Crippen MR) is 56.1 cm³/mol. The summed E-state index contributed by atoms with van der Waals surface area (Å²) in [6.45, 7) is 0. The van der Waals surface area contributed by atoms with Gasteiger partial charge in [-0.15, -0.1) is 0 Å². The molecule has 0 amide bonds. The van der Waals surface area contributed by atoms with E-state index in [1.807, 2.05) is 0 Å². The van der Waals surface area contributed by atoms with Crippen molar-refractivity contribution in [3.63, 3.8) is 0 Å². The van der Waals surface area contributed by atoms with Gasteiger partial charge in [0.05, 0.1) is 22.1 Å². The Morgan fingerprint density at radius 3 is 2.79 bits per heavy atom. The van der Waals surface area contributed by atoms with E-state index >= 15 is 0 Å². The van der Waals surface area contributed by atoms with E-state index in [1.54, 1.807) is 12.1 Å². The molecule has 0 radical (unpaired) electrons. The molecule has 0 saturated carbocycles. The fraction of sp³-hybridized carbons (Fsp3) is 0. The van der Waals surface area contributed by atoms with Gasteiger partial charge in [0.2, 0.25) is 0 Å². The van der Waals surface area contributed by atoms with Crippen molar-refractivity contribution < 1.29 is 4.39 Å². The van der Waals surface area contributed by atoms with Gasteiger partial charge < -0.3 is 5.73 Å². The molecule has 1 aromatic heterocycles. The minimum atomic E-state index is -0.323. The van der Waals surface area contributed by atoms with Crippen molar-refractivity contribution in [2.75, 3.05) is 5.73 Å². The number of rotatable bonds is 1. The second-order valence-corrected chi connectivity index (χ2v) is 3.68. The van der Waals surface area contributed by atoms with E-state index < -0.39 is 0 Å².